The average molecular weight is 272 g/mol. The molecule has 20 heavy (non-hydrogen) atoms. The molecule has 0 amide bonds. The summed E-state index contributed by atoms with van der Waals surface area (Å²) in [5, 5.41) is 25.1. The summed E-state index contributed by atoms with van der Waals surface area (Å²) in [5.74, 6) is -0.317. The first kappa shape index (κ1) is 13.7. The Labute approximate surface area is 117 Å². The Morgan fingerprint density at radius 3 is 2.50 bits per heavy atom. The molecule has 5 heteroatoms. The van der Waals surface area contributed by atoms with Gasteiger partial charge in [-0.15, -0.1) is 0 Å². The third-order valence-electron chi connectivity index (χ3n) is 2.81. The van der Waals surface area contributed by atoms with Crippen LogP contribution in [-0.2, 0) is 0 Å². The fourth-order valence-electron chi connectivity index (χ4n) is 1.71. The molecule has 5 nitrogen and oxygen atoms in total. The van der Waals surface area contributed by atoms with E-state index in [1.54, 1.807) is 17.3 Å². The molecule has 0 bridgehead atoms. The van der Waals surface area contributed by atoms with Gasteiger partial charge in [0.2, 0.25) is 5.75 Å². The summed E-state index contributed by atoms with van der Waals surface area (Å²) in [6, 6.07) is 12.7. The van der Waals surface area contributed by atoms with Crippen LogP contribution in [0.1, 0.15) is 5.56 Å². The zero-order chi connectivity index (χ0) is 14.5. The SMILES string of the molecule is COc1cc(/C=N/N(C)c2ccccc2)cc(O)c1O. The maximum atomic E-state index is 9.59. The highest BCUT2D eigenvalue weighted by atomic mass is 16.5. The Morgan fingerprint density at radius 2 is 1.85 bits per heavy atom. The van der Waals surface area contributed by atoms with E-state index in [1.165, 1.54) is 13.2 Å². The van der Waals surface area contributed by atoms with Crippen LogP contribution in [0.5, 0.6) is 17.2 Å². The largest absolute Gasteiger partial charge is 0.504 e. The van der Waals surface area contributed by atoms with Gasteiger partial charge in [0, 0.05) is 12.6 Å². The second-order valence-corrected chi connectivity index (χ2v) is 4.19. The van der Waals surface area contributed by atoms with Gasteiger partial charge in [0.05, 0.1) is 19.0 Å². The molecule has 0 radical (unpaired) electrons. The lowest BCUT2D eigenvalue weighted by molar-refractivity contribution is 0.351. The number of aromatic hydroxyl groups is 2. The lowest BCUT2D eigenvalue weighted by Gasteiger charge is -2.12. The number of anilines is 1. The van der Waals surface area contributed by atoms with E-state index in [2.05, 4.69) is 5.10 Å². The Morgan fingerprint density at radius 1 is 1.15 bits per heavy atom. The Kier molecular flexibility index (Phi) is 4.10. The van der Waals surface area contributed by atoms with E-state index < -0.39 is 0 Å². The van der Waals surface area contributed by atoms with Crippen molar-refractivity contribution in [2.75, 3.05) is 19.2 Å². The van der Waals surface area contributed by atoms with Crippen molar-refractivity contribution in [2.24, 2.45) is 5.10 Å². The van der Waals surface area contributed by atoms with Crippen LogP contribution in [0.3, 0.4) is 0 Å². The number of benzene rings is 2. The molecule has 2 N–H and O–H groups in total. The van der Waals surface area contributed by atoms with Gasteiger partial charge >= 0.3 is 0 Å². The summed E-state index contributed by atoms with van der Waals surface area (Å²) in [6.07, 6.45) is 1.58. The molecule has 0 saturated carbocycles. The second-order valence-electron chi connectivity index (χ2n) is 4.19. The molecule has 2 aromatic carbocycles. The van der Waals surface area contributed by atoms with Crippen molar-refractivity contribution >= 4 is 11.9 Å². The molecule has 2 aromatic rings. The van der Waals surface area contributed by atoms with Gasteiger partial charge in [0.25, 0.3) is 0 Å². The molecule has 0 spiro atoms. The van der Waals surface area contributed by atoms with Crippen molar-refractivity contribution in [1.29, 1.82) is 0 Å². The van der Waals surface area contributed by atoms with Crippen molar-refractivity contribution in [1.82, 2.24) is 0 Å². The van der Waals surface area contributed by atoms with E-state index >= 15 is 0 Å². The minimum Gasteiger partial charge on any atom is -0.504 e. The van der Waals surface area contributed by atoms with Gasteiger partial charge in [0.1, 0.15) is 0 Å². The molecule has 0 aromatic heterocycles. The van der Waals surface area contributed by atoms with Crippen LogP contribution >= 0.6 is 0 Å². The summed E-state index contributed by atoms with van der Waals surface area (Å²) in [6.45, 7) is 0. The quantitative estimate of drug-likeness (QED) is 0.510. The van der Waals surface area contributed by atoms with Crippen LogP contribution in [0.25, 0.3) is 0 Å². The molecule has 0 heterocycles. The molecule has 0 unspecified atom stereocenters. The first-order valence-electron chi connectivity index (χ1n) is 6.04. The standard InChI is InChI=1S/C15H16N2O3/c1-17(12-6-4-3-5-7-12)16-10-11-8-13(18)15(19)14(9-11)20-2/h3-10,18-19H,1-2H3/b16-10+. The number of methoxy groups -OCH3 is 1. The predicted molar refractivity (Wildman–Crippen MR) is 78.8 cm³/mol. The average Bonchev–Trinajstić information content (AvgIpc) is 2.48. The zero-order valence-electron chi connectivity index (χ0n) is 11.3. The van der Waals surface area contributed by atoms with Crippen LogP contribution in [0.2, 0.25) is 0 Å². The number of rotatable bonds is 4. The summed E-state index contributed by atoms with van der Waals surface area (Å²) in [4.78, 5) is 0. The second kappa shape index (κ2) is 5.97. The lowest BCUT2D eigenvalue weighted by atomic mass is 10.2. The third kappa shape index (κ3) is 3.00. The van der Waals surface area contributed by atoms with E-state index in [-0.39, 0.29) is 17.2 Å². The fraction of sp³-hybridized carbons (Fsp3) is 0.133. The number of phenolic OH excluding ortho intramolecular Hbond substituents is 2. The topological polar surface area (TPSA) is 65.3 Å². The van der Waals surface area contributed by atoms with Gasteiger partial charge in [0.15, 0.2) is 11.5 Å². The van der Waals surface area contributed by atoms with Gasteiger partial charge in [-0.1, -0.05) is 18.2 Å². The van der Waals surface area contributed by atoms with Crippen molar-refractivity contribution in [3.63, 3.8) is 0 Å². The molecule has 0 atom stereocenters. The molecule has 0 aliphatic carbocycles. The third-order valence-corrected chi connectivity index (χ3v) is 2.81. The maximum absolute atomic E-state index is 9.59. The molecule has 2 rings (SSSR count). The van der Waals surface area contributed by atoms with E-state index in [0.717, 1.165) is 5.69 Å². The molecular weight excluding hydrogens is 256 g/mol. The molecule has 0 aliphatic rings. The number of hydrazone groups is 1. The highest BCUT2D eigenvalue weighted by molar-refractivity contribution is 5.83. The van der Waals surface area contributed by atoms with Crippen molar-refractivity contribution in [3.8, 4) is 17.2 Å². The minimum absolute atomic E-state index is 0.203. The monoisotopic (exact) mass is 272 g/mol. The number of nitrogens with zero attached hydrogens (tertiary/aromatic N) is 2. The van der Waals surface area contributed by atoms with Gasteiger partial charge in [-0.25, -0.2) is 0 Å². The molecule has 0 fully saturated rings. The summed E-state index contributed by atoms with van der Waals surface area (Å²) >= 11 is 0. The molecule has 0 aliphatic heterocycles. The lowest BCUT2D eigenvalue weighted by Crippen LogP contribution is -2.08. The van der Waals surface area contributed by atoms with E-state index in [1.807, 2.05) is 37.4 Å². The number of phenols is 2. The fourth-order valence-corrected chi connectivity index (χ4v) is 1.71. The van der Waals surface area contributed by atoms with Crippen LogP contribution < -0.4 is 9.75 Å². The van der Waals surface area contributed by atoms with Crippen molar-refractivity contribution in [2.45, 2.75) is 0 Å². The van der Waals surface area contributed by atoms with E-state index in [0.29, 0.717) is 5.56 Å². The van der Waals surface area contributed by atoms with Gasteiger partial charge < -0.3 is 14.9 Å². The number of para-hydroxylation sites is 1. The Hall–Kier alpha value is -2.69. The normalized spacial score (nSPS) is 10.7. The van der Waals surface area contributed by atoms with Crippen LogP contribution in [0.4, 0.5) is 5.69 Å². The first-order chi connectivity index (χ1) is 9.61. The molecular formula is C15H16N2O3. The van der Waals surface area contributed by atoms with Crippen molar-refractivity contribution in [3.05, 3.63) is 48.0 Å². The molecule has 0 saturated heterocycles. The van der Waals surface area contributed by atoms with Gasteiger partial charge in [-0.3, -0.25) is 5.01 Å². The number of ether oxygens (including phenoxy) is 1. The van der Waals surface area contributed by atoms with E-state index in [9.17, 15) is 10.2 Å². The smallest absolute Gasteiger partial charge is 0.200 e. The zero-order valence-corrected chi connectivity index (χ0v) is 11.3. The van der Waals surface area contributed by atoms with Crippen LogP contribution in [0, 0.1) is 0 Å². The van der Waals surface area contributed by atoms with E-state index in [4.69, 9.17) is 4.74 Å². The first-order valence-corrected chi connectivity index (χ1v) is 6.04. The number of hydrogen-bond acceptors (Lipinski definition) is 5. The summed E-state index contributed by atoms with van der Waals surface area (Å²) < 4.78 is 4.97. The number of hydrogen-bond donors (Lipinski definition) is 2. The van der Waals surface area contributed by atoms with Crippen LogP contribution in [0.15, 0.2) is 47.6 Å². The Balaban J connectivity index is 2.21. The molecule has 104 valence electrons. The highest BCUT2D eigenvalue weighted by Crippen LogP contribution is 2.35. The van der Waals surface area contributed by atoms with Crippen molar-refractivity contribution < 1.29 is 14.9 Å². The van der Waals surface area contributed by atoms with Gasteiger partial charge in [-0.2, -0.15) is 5.10 Å². The highest BCUT2D eigenvalue weighted by Gasteiger charge is 2.08. The predicted octanol–water partition coefficient (Wildman–Crippen LogP) is 2.58. The Bertz CT molecular complexity index is 612. The maximum Gasteiger partial charge on any atom is 0.200 e. The summed E-state index contributed by atoms with van der Waals surface area (Å²) in [7, 11) is 3.24. The minimum atomic E-state index is -0.277. The van der Waals surface area contributed by atoms with Crippen LogP contribution in [-0.4, -0.2) is 30.6 Å². The van der Waals surface area contributed by atoms with Gasteiger partial charge in [-0.05, 0) is 24.3 Å². The summed E-state index contributed by atoms with van der Waals surface area (Å²) in [5.41, 5.74) is 1.57.